The Labute approximate surface area is 165 Å². The van der Waals surface area contributed by atoms with Crippen molar-refractivity contribution in [3.05, 3.63) is 57.0 Å². The van der Waals surface area contributed by atoms with Gasteiger partial charge in [-0.3, -0.25) is 4.57 Å². The lowest BCUT2D eigenvalue weighted by Gasteiger charge is -2.15. The van der Waals surface area contributed by atoms with Crippen molar-refractivity contribution in [3.63, 3.8) is 0 Å². The lowest BCUT2D eigenvalue weighted by atomic mass is 10.2. The van der Waals surface area contributed by atoms with Crippen molar-refractivity contribution in [1.29, 1.82) is 0 Å². The Balaban J connectivity index is 2.17. The molecule has 2 amide bonds. The normalized spacial score (nSPS) is 13.1. The fourth-order valence-corrected chi connectivity index (χ4v) is 4.10. The van der Waals surface area contributed by atoms with Crippen molar-refractivity contribution in [3.8, 4) is 0 Å². The van der Waals surface area contributed by atoms with Gasteiger partial charge in [-0.25, -0.2) is 4.79 Å². The van der Waals surface area contributed by atoms with Gasteiger partial charge in [0.25, 0.3) is 0 Å². The molecule has 0 radical (unpaired) electrons. The first-order chi connectivity index (χ1) is 12.2. The topological polar surface area (TPSA) is 87.7 Å². The van der Waals surface area contributed by atoms with Gasteiger partial charge in [-0.05, 0) is 48.9 Å². The van der Waals surface area contributed by atoms with Gasteiger partial charge < -0.3 is 20.1 Å². The van der Waals surface area contributed by atoms with Crippen LogP contribution in [-0.2, 0) is 15.3 Å². The van der Waals surface area contributed by atoms with Crippen molar-refractivity contribution >= 4 is 59.8 Å². The number of halogens is 3. The summed E-state index contributed by atoms with van der Waals surface area (Å²) in [5, 5.41) is 6.31. The van der Waals surface area contributed by atoms with E-state index in [1.54, 1.807) is 13.0 Å². The van der Waals surface area contributed by atoms with Crippen LogP contribution in [0.25, 0.3) is 0 Å². The number of hydrogen-bond donors (Lipinski definition) is 3. The lowest BCUT2D eigenvalue weighted by molar-refractivity contribution is 0.262. The zero-order chi connectivity index (χ0) is 19.3. The second kappa shape index (κ2) is 9.09. The highest BCUT2D eigenvalue weighted by molar-refractivity contribution is 7.51. The molecule has 0 aromatic heterocycles. The maximum absolute atomic E-state index is 12.2. The van der Waals surface area contributed by atoms with Crippen LogP contribution in [0.2, 0.25) is 15.1 Å². The van der Waals surface area contributed by atoms with Crippen molar-refractivity contribution in [2.45, 2.75) is 13.1 Å². The molecule has 2 rings (SSSR count). The van der Waals surface area contributed by atoms with Crippen LogP contribution in [0.1, 0.15) is 12.5 Å². The fourth-order valence-electron chi connectivity index (χ4n) is 2.19. The van der Waals surface area contributed by atoms with Crippen LogP contribution in [0, 0.1) is 0 Å². The molecule has 0 spiro atoms. The van der Waals surface area contributed by atoms with Crippen molar-refractivity contribution in [1.82, 2.24) is 0 Å². The van der Waals surface area contributed by atoms with Gasteiger partial charge in [-0.1, -0.05) is 34.8 Å². The summed E-state index contributed by atoms with van der Waals surface area (Å²) in [6, 6.07) is 8.62. The molecule has 0 saturated heterocycles. The molecule has 1 unspecified atom stereocenters. The van der Waals surface area contributed by atoms with Gasteiger partial charge in [0, 0.05) is 26.4 Å². The second-order valence-corrected chi connectivity index (χ2v) is 8.41. The smallest absolute Gasteiger partial charge is 0.324 e. The van der Waals surface area contributed by atoms with Gasteiger partial charge in [0.1, 0.15) is 0 Å². The average molecular weight is 438 g/mol. The first-order valence-electron chi connectivity index (χ1n) is 7.47. The molecule has 6 nitrogen and oxygen atoms in total. The van der Waals surface area contributed by atoms with Crippen molar-refractivity contribution < 1.29 is 18.8 Å². The van der Waals surface area contributed by atoms with Crippen LogP contribution in [0.5, 0.6) is 0 Å². The van der Waals surface area contributed by atoms with Crippen molar-refractivity contribution in [2.24, 2.45) is 0 Å². The van der Waals surface area contributed by atoms with Crippen LogP contribution in [0.15, 0.2) is 36.4 Å². The van der Waals surface area contributed by atoms with E-state index in [0.717, 1.165) is 0 Å². The lowest BCUT2D eigenvalue weighted by Crippen LogP contribution is -2.20. The number of hydrogen-bond acceptors (Lipinski definition) is 3. The number of urea groups is 1. The van der Waals surface area contributed by atoms with Gasteiger partial charge in [0.15, 0.2) is 0 Å². The van der Waals surface area contributed by atoms with Crippen LogP contribution >= 0.6 is 42.4 Å². The molecule has 0 bridgehead atoms. The molecule has 1 atom stereocenters. The Morgan fingerprint density at radius 3 is 2.35 bits per heavy atom. The molecular weight excluding hydrogens is 422 g/mol. The molecule has 26 heavy (non-hydrogen) atoms. The summed E-state index contributed by atoms with van der Waals surface area (Å²) in [5.74, 6) is 0. The van der Waals surface area contributed by atoms with Crippen LogP contribution < -0.4 is 10.6 Å². The maximum Gasteiger partial charge on any atom is 0.332 e. The van der Waals surface area contributed by atoms with E-state index in [1.165, 1.54) is 30.3 Å². The molecular formula is C16H16Cl3N2O4P. The summed E-state index contributed by atoms with van der Waals surface area (Å²) in [5.41, 5.74) is 1.10. The third kappa shape index (κ3) is 6.47. The quantitative estimate of drug-likeness (QED) is 0.483. The summed E-state index contributed by atoms with van der Waals surface area (Å²) in [7, 11) is -3.85. The highest BCUT2D eigenvalue weighted by Gasteiger charge is 2.22. The Morgan fingerprint density at radius 1 is 1.08 bits per heavy atom. The Morgan fingerprint density at radius 2 is 1.73 bits per heavy atom. The van der Waals surface area contributed by atoms with Gasteiger partial charge in [-0.15, -0.1) is 0 Å². The van der Waals surface area contributed by atoms with Gasteiger partial charge in [0.2, 0.25) is 0 Å². The fraction of sp³-hybridized carbons (Fsp3) is 0.188. The minimum absolute atomic E-state index is 0.0904. The van der Waals surface area contributed by atoms with Crippen molar-refractivity contribution in [2.75, 3.05) is 17.2 Å². The summed E-state index contributed by atoms with van der Waals surface area (Å²) in [6.07, 6.45) is -0.292. The number of benzene rings is 2. The largest absolute Gasteiger partial charge is 0.332 e. The van der Waals surface area contributed by atoms with Crippen LogP contribution in [-0.4, -0.2) is 17.5 Å². The molecule has 2 aromatic carbocycles. The maximum atomic E-state index is 12.2. The molecule has 0 aliphatic carbocycles. The van der Waals surface area contributed by atoms with E-state index in [4.69, 9.17) is 39.3 Å². The molecule has 140 valence electrons. The molecule has 0 heterocycles. The number of anilines is 2. The van der Waals surface area contributed by atoms with Gasteiger partial charge in [0.05, 0.1) is 12.8 Å². The highest BCUT2D eigenvalue weighted by Crippen LogP contribution is 2.47. The minimum atomic E-state index is -3.85. The van der Waals surface area contributed by atoms with Crippen LogP contribution in [0.4, 0.5) is 16.2 Å². The number of amides is 2. The summed E-state index contributed by atoms with van der Waals surface area (Å²) < 4.78 is 16.9. The average Bonchev–Trinajstić information content (AvgIpc) is 2.48. The number of carbonyl (C=O) groups is 1. The SMILES string of the molecule is CCOP(=O)(O)Cc1cc(Cl)ccc1NC(=O)Nc1cc(Cl)cc(Cl)c1. The third-order valence-electron chi connectivity index (χ3n) is 3.14. The monoisotopic (exact) mass is 436 g/mol. The Kier molecular flexibility index (Phi) is 7.35. The third-order valence-corrected chi connectivity index (χ3v) is 5.21. The summed E-state index contributed by atoms with van der Waals surface area (Å²) >= 11 is 17.7. The predicted octanol–water partition coefficient (Wildman–Crippen LogP) is 6.01. The van der Waals surface area contributed by atoms with E-state index in [1.807, 2.05) is 0 Å². The van der Waals surface area contributed by atoms with E-state index in [2.05, 4.69) is 10.6 Å². The Hall–Kier alpha value is -1.27. The van der Waals surface area contributed by atoms with E-state index in [9.17, 15) is 14.3 Å². The summed E-state index contributed by atoms with van der Waals surface area (Å²) in [4.78, 5) is 22.1. The predicted molar refractivity (Wildman–Crippen MR) is 106 cm³/mol. The first-order valence-corrected chi connectivity index (χ1v) is 10.4. The van der Waals surface area contributed by atoms with E-state index < -0.39 is 13.6 Å². The summed E-state index contributed by atoms with van der Waals surface area (Å²) in [6.45, 7) is 1.71. The molecule has 0 saturated carbocycles. The Bertz CT molecular complexity index is 843. The van der Waals surface area contributed by atoms with E-state index >= 15 is 0 Å². The van der Waals surface area contributed by atoms with Gasteiger partial charge >= 0.3 is 13.6 Å². The standard InChI is InChI=1S/C16H16Cl3N2O4P/c1-2-25-26(23,24)9-10-5-11(17)3-4-15(10)21-16(22)20-14-7-12(18)6-13(19)8-14/h3-8H,2,9H2,1H3,(H,23,24)(H2,20,21,22). The molecule has 3 N–H and O–H groups in total. The van der Waals surface area contributed by atoms with E-state index in [0.29, 0.717) is 32.0 Å². The van der Waals surface area contributed by atoms with E-state index in [-0.39, 0.29) is 12.8 Å². The first kappa shape index (κ1) is 21.0. The highest BCUT2D eigenvalue weighted by atomic mass is 35.5. The minimum Gasteiger partial charge on any atom is -0.324 e. The molecule has 10 heteroatoms. The molecule has 0 fully saturated rings. The number of rotatable bonds is 6. The molecule has 0 aliphatic heterocycles. The molecule has 2 aromatic rings. The zero-order valence-corrected chi connectivity index (χ0v) is 16.8. The second-order valence-electron chi connectivity index (χ2n) is 5.25. The zero-order valence-electron chi connectivity index (χ0n) is 13.6. The van der Waals surface area contributed by atoms with Crippen LogP contribution in [0.3, 0.4) is 0 Å². The van der Waals surface area contributed by atoms with Gasteiger partial charge in [-0.2, -0.15) is 0 Å². The number of carbonyl (C=O) groups excluding carboxylic acids is 1. The number of nitrogens with one attached hydrogen (secondary N) is 2. The molecule has 0 aliphatic rings.